The van der Waals surface area contributed by atoms with E-state index in [4.69, 9.17) is 0 Å². The van der Waals surface area contributed by atoms with Gasteiger partial charge in [-0.25, -0.2) is 8.42 Å². The minimum Gasteiger partial charge on any atom is -0.280 e. The van der Waals surface area contributed by atoms with E-state index in [1.807, 2.05) is 48.5 Å². The van der Waals surface area contributed by atoms with Gasteiger partial charge in [0, 0.05) is 17.3 Å². The van der Waals surface area contributed by atoms with Crippen molar-refractivity contribution in [3.8, 4) is 0 Å². The Morgan fingerprint density at radius 2 is 1.50 bits per heavy atom. The first kappa shape index (κ1) is 14.7. The number of nitrogens with zero attached hydrogens (tertiary/aromatic N) is 1. The van der Waals surface area contributed by atoms with Gasteiger partial charge in [-0.05, 0) is 35.0 Å². The molecule has 118 valence electrons. The third kappa shape index (κ3) is 2.59. The van der Waals surface area contributed by atoms with Gasteiger partial charge in [-0.3, -0.25) is 9.71 Å². The van der Waals surface area contributed by atoms with Gasteiger partial charge in [-0.15, -0.1) is 0 Å². The van der Waals surface area contributed by atoms with E-state index >= 15 is 0 Å². The fourth-order valence-electron chi connectivity index (χ4n) is 2.76. The van der Waals surface area contributed by atoms with Crippen molar-refractivity contribution >= 4 is 37.4 Å². The minimum absolute atomic E-state index is 0.175. The smallest absolute Gasteiger partial charge is 0.264 e. The first-order valence-electron chi connectivity index (χ1n) is 7.49. The van der Waals surface area contributed by atoms with Gasteiger partial charge in [0.25, 0.3) is 10.0 Å². The van der Waals surface area contributed by atoms with Gasteiger partial charge in [0.1, 0.15) is 4.90 Å². The largest absolute Gasteiger partial charge is 0.280 e. The van der Waals surface area contributed by atoms with Crippen LogP contribution in [0, 0.1) is 0 Å². The van der Waals surface area contributed by atoms with Crippen molar-refractivity contribution in [1.82, 2.24) is 4.98 Å². The predicted molar refractivity (Wildman–Crippen MR) is 96.5 cm³/mol. The molecule has 3 aromatic carbocycles. The molecule has 24 heavy (non-hydrogen) atoms. The number of hydrogen-bond acceptors (Lipinski definition) is 3. The number of pyridine rings is 1. The molecule has 0 bridgehead atoms. The van der Waals surface area contributed by atoms with E-state index in [1.54, 1.807) is 30.5 Å². The van der Waals surface area contributed by atoms with Crippen molar-refractivity contribution < 1.29 is 8.42 Å². The van der Waals surface area contributed by atoms with Gasteiger partial charge in [0.15, 0.2) is 0 Å². The fourth-order valence-corrected chi connectivity index (χ4v) is 3.99. The highest BCUT2D eigenvalue weighted by Gasteiger charge is 2.18. The minimum atomic E-state index is -3.72. The van der Waals surface area contributed by atoms with Crippen LogP contribution in [-0.4, -0.2) is 13.4 Å². The van der Waals surface area contributed by atoms with Crippen LogP contribution in [0.4, 0.5) is 5.69 Å². The van der Waals surface area contributed by atoms with Crippen LogP contribution in [0.15, 0.2) is 83.9 Å². The number of benzene rings is 3. The topological polar surface area (TPSA) is 59.1 Å². The van der Waals surface area contributed by atoms with Gasteiger partial charge in [0.2, 0.25) is 0 Å². The number of rotatable bonds is 3. The Morgan fingerprint density at radius 1 is 0.750 bits per heavy atom. The van der Waals surface area contributed by atoms with E-state index in [9.17, 15) is 8.42 Å². The number of para-hydroxylation sites is 1. The molecule has 0 aliphatic heterocycles. The lowest BCUT2D eigenvalue weighted by molar-refractivity contribution is 0.602. The van der Waals surface area contributed by atoms with E-state index in [1.165, 1.54) is 0 Å². The maximum Gasteiger partial charge on any atom is 0.264 e. The van der Waals surface area contributed by atoms with E-state index in [-0.39, 0.29) is 4.90 Å². The summed E-state index contributed by atoms with van der Waals surface area (Å²) in [5.74, 6) is 0. The summed E-state index contributed by atoms with van der Waals surface area (Å²) in [5, 5.41) is 2.83. The van der Waals surface area contributed by atoms with Crippen molar-refractivity contribution in [2.45, 2.75) is 4.90 Å². The number of hydrogen-bond donors (Lipinski definition) is 1. The second-order valence-corrected chi connectivity index (χ2v) is 7.15. The van der Waals surface area contributed by atoms with Crippen LogP contribution >= 0.6 is 0 Å². The standard InChI is InChI=1S/C19H14N2O2S/c22-24(23,18-9-3-7-15-8-4-12-20-19(15)18)21-17-11-10-14-5-1-2-6-16(14)13-17/h1-13,21H. The van der Waals surface area contributed by atoms with Gasteiger partial charge in [-0.2, -0.15) is 0 Å². The summed E-state index contributed by atoms with van der Waals surface area (Å²) in [7, 11) is -3.72. The summed E-state index contributed by atoms with van der Waals surface area (Å²) >= 11 is 0. The average Bonchev–Trinajstić information content (AvgIpc) is 2.61. The Hall–Kier alpha value is -2.92. The first-order valence-corrected chi connectivity index (χ1v) is 8.97. The Bertz CT molecular complexity index is 1150. The summed E-state index contributed by atoms with van der Waals surface area (Å²) in [6.45, 7) is 0. The highest BCUT2D eigenvalue weighted by molar-refractivity contribution is 7.93. The monoisotopic (exact) mass is 334 g/mol. The maximum atomic E-state index is 12.8. The van der Waals surface area contributed by atoms with Crippen LogP contribution in [0.2, 0.25) is 0 Å². The molecule has 0 aliphatic rings. The molecule has 0 radical (unpaired) electrons. The highest BCUT2D eigenvalue weighted by atomic mass is 32.2. The van der Waals surface area contributed by atoms with Crippen molar-refractivity contribution in [2.75, 3.05) is 4.72 Å². The van der Waals surface area contributed by atoms with Crippen LogP contribution < -0.4 is 4.72 Å². The van der Waals surface area contributed by atoms with Gasteiger partial charge < -0.3 is 0 Å². The van der Waals surface area contributed by atoms with Crippen molar-refractivity contribution in [2.24, 2.45) is 0 Å². The van der Waals surface area contributed by atoms with Crippen molar-refractivity contribution in [1.29, 1.82) is 0 Å². The molecule has 0 spiro atoms. The molecule has 0 aliphatic carbocycles. The van der Waals surface area contributed by atoms with Crippen molar-refractivity contribution in [3.63, 3.8) is 0 Å². The molecule has 1 aromatic heterocycles. The number of anilines is 1. The summed E-state index contributed by atoms with van der Waals surface area (Å²) in [4.78, 5) is 4.39. The highest BCUT2D eigenvalue weighted by Crippen LogP contribution is 2.25. The van der Waals surface area contributed by atoms with E-state index in [2.05, 4.69) is 9.71 Å². The van der Waals surface area contributed by atoms with Gasteiger partial charge in [-0.1, -0.05) is 48.5 Å². The number of fused-ring (bicyclic) bond motifs is 2. The van der Waals surface area contributed by atoms with Crippen LogP contribution in [0.3, 0.4) is 0 Å². The molecule has 1 heterocycles. The zero-order valence-corrected chi connectivity index (χ0v) is 13.5. The molecule has 0 saturated carbocycles. The zero-order valence-electron chi connectivity index (χ0n) is 12.7. The second-order valence-electron chi connectivity index (χ2n) is 5.50. The van der Waals surface area contributed by atoms with Crippen LogP contribution in [0.25, 0.3) is 21.7 Å². The van der Waals surface area contributed by atoms with Crippen LogP contribution in [-0.2, 0) is 10.0 Å². The van der Waals surface area contributed by atoms with Crippen LogP contribution in [0.1, 0.15) is 0 Å². The van der Waals surface area contributed by atoms with Gasteiger partial charge >= 0.3 is 0 Å². The third-order valence-corrected chi connectivity index (χ3v) is 5.30. The molecular weight excluding hydrogens is 320 g/mol. The molecular formula is C19H14N2O2S. The Labute approximate surface area is 139 Å². The molecule has 0 atom stereocenters. The number of aromatic nitrogens is 1. The molecule has 5 heteroatoms. The van der Waals surface area contributed by atoms with E-state index in [0.717, 1.165) is 16.2 Å². The van der Waals surface area contributed by atoms with Crippen LogP contribution in [0.5, 0.6) is 0 Å². The fraction of sp³-hybridized carbons (Fsp3) is 0. The summed E-state index contributed by atoms with van der Waals surface area (Å²) in [6.07, 6.45) is 1.59. The van der Waals surface area contributed by atoms with Crippen molar-refractivity contribution in [3.05, 3.63) is 79.0 Å². The first-order chi connectivity index (χ1) is 11.6. The molecule has 1 N–H and O–H groups in total. The normalized spacial score (nSPS) is 11.7. The Morgan fingerprint density at radius 3 is 2.38 bits per heavy atom. The SMILES string of the molecule is O=S(=O)(Nc1ccc2ccccc2c1)c1cccc2cccnc12. The summed E-state index contributed by atoms with van der Waals surface area (Å²) in [5.41, 5.74) is 0.995. The quantitative estimate of drug-likeness (QED) is 0.611. The maximum absolute atomic E-state index is 12.8. The number of nitrogens with one attached hydrogen (secondary N) is 1. The molecule has 0 unspecified atom stereocenters. The lowest BCUT2D eigenvalue weighted by Crippen LogP contribution is -2.13. The summed E-state index contributed by atoms with van der Waals surface area (Å²) in [6, 6.07) is 22.1. The lowest BCUT2D eigenvalue weighted by atomic mass is 10.1. The molecule has 4 rings (SSSR count). The van der Waals surface area contributed by atoms with E-state index < -0.39 is 10.0 Å². The zero-order chi connectivity index (χ0) is 16.6. The molecule has 4 nitrogen and oxygen atoms in total. The third-order valence-electron chi connectivity index (χ3n) is 3.89. The second kappa shape index (κ2) is 5.62. The predicted octanol–water partition coefficient (Wildman–Crippen LogP) is 4.19. The molecule has 0 amide bonds. The lowest BCUT2D eigenvalue weighted by Gasteiger charge is -2.10. The Kier molecular flexibility index (Phi) is 3.43. The molecule has 4 aromatic rings. The van der Waals surface area contributed by atoms with Gasteiger partial charge in [0.05, 0.1) is 5.52 Å². The number of sulfonamides is 1. The molecule has 0 fully saturated rings. The summed E-state index contributed by atoms with van der Waals surface area (Å²) < 4.78 is 28.3. The average molecular weight is 334 g/mol. The molecule has 0 saturated heterocycles. The Balaban J connectivity index is 1.79. The van der Waals surface area contributed by atoms with E-state index in [0.29, 0.717) is 11.2 Å².